The van der Waals surface area contributed by atoms with Crippen LogP contribution in [0.1, 0.15) is 23.7 Å². The number of β-amino-alcohol motifs (C(OH)–C–C–N with tert-alkyl or cyclic N) is 1. The highest BCUT2D eigenvalue weighted by Crippen LogP contribution is 2.33. The average molecular weight is 437 g/mol. The standard InChI is InChI=1S/C24H24N4O2.ClH/c25-21(14-16-6-5-11-23(26-16)28-13-12-17(29)15-28)18-7-1-2-8-19(18)24-20-9-3-4-10-22(20)30-27-24;/h1-11,17,21,29H,12-15,25H2;1H/t17-,21?;/m1./s1. The third-order valence-corrected chi connectivity index (χ3v) is 5.70. The zero-order valence-corrected chi connectivity index (χ0v) is 17.8. The fourth-order valence-electron chi connectivity index (χ4n) is 4.16. The molecule has 5 rings (SSSR count). The van der Waals surface area contributed by atoms with Gasteiger partial charge in [0.1, 0.15) is 11.5 Å². The van der Waals surface area contributed by atoms with Crippen molar-refractivity contribution < 1.29 is 9.63 Å². The van der Waals surface area contributed by atoms with Gasteiger partial charge in [0, 0.05) is 42.2 Å². The molecule has 0 radical (unpaired) electrons. The third-order valence-electron chi connectivity index (χ3n) is 5.70. The first kappa shape index (κ1) is 21.3. The zero-order valence-electron chi connectivity index (χ0n) is 17.0. The minimum Gasteiger partial charge on any atom is -0.391 e. The molecule has 2 aromatic heterocycles. The largest absolute Gasteiger partial charge is 0.391 e. The SMILES string of the molecule is Cl.NC(Cc1cccc(N2CC[C@@H](O)C2)n1)c1ccccc1-c1noc2ccccc12. The summed E-state index contributed by atoms with van der Waals surface area (Å²) in [6.07, 6.45) is 1.11. The first-order chi connectivity index (χ1) is 14.7. The Hall–Kier alpha value is -2.93. The van der Waals surface area contributed by atoms with Crippen LogP contribution in [0.3, 0.4) is 0 Å². The number of nitrogens with zero attached hydrogens (tertiary/aromatic N) is 3. The van der Waals surface area contributed by atoms with E-state index in [4.69, 9.17) is 15.2 Å². The van der Waals surface area contributed by atoms with E-state index < -0.39 is 0 Å². The van der Waals surface area contributed by atoms with E-state index in [-0.39, 0.29) is 24.6 Å². The van der Waals surface area contributed by atoms with E-state index in [1.807, 2.05) is 66.7 Å². The van der Waals surface area contributed by atoms with E-state index in [1.165, 1.54) is 0 Å². The van der Waals surface area contributed by atoms with Crippen LogP contribution in [0.4, 0.5) is 5.82 Å². The Morgan fingerprint density at radius 3 is 2.71 bits per heavy atom. The summed E-state index contributed by atoms with van der Waals surface area (Å²) in [5.74, 6) is 0.895. The van der Waals surface area contributed by atoms with Gasteiger partial charge < -0.3 is 20.3 Å². The normalized spacial score (nSPS) is 17.0. The lowest BCUT2D eigenvalue weighted by atomic mass is 9.94. The molecule has 1 fully saturated rings. The molecule has 1 aliphatic rings. The van der Waals surface area contributed by atoms with Gasteiger partial charge in [-0.05, 0) is 36.2 Å². The highest BCUT2D eigenvalue weighted by atomic mass is 35.5. The van der Waals surface area contributed by atoms with Crippen LogP contribution < -0.4 is 10.6 Å². The topological polar surface area (TPSA) is 88.4 Å². The number of hydrogen-bond donors (Lipinski definition) is 2. The van der Waals surface area contributed by atoms with E-state index in [2.05, 4.69) is 10.1 Å². The molecular formula is C24H25ClN4O2. The molecule has 1 unspecified atom stereocenters. The van der Waals surface area contributed by atoms with Gasteiger partial charge in [0.2, 0.25) is 0 Å². The van der Waals surface area contributed by atoms with Crippen molar-refractivity contribution in [2.45, 2.75) is 25.0 Å². The van der Waals surface area contributed by atoms with Crippen LogP contribution in [-0.2, 0) is 6.42 Å². The van der Waals surface area contributed by atoms with E-state index in [9.17, 15) is 5.11 Å². The molecule has 2 aromatic carbocycles. The smallest absolute Gasteiger partial charge is 0.167 e. The molecule has 160 valence electrons. The van der Waals surface area contributed by atoms with Crippen molar-refractivity contribution in [1.29, 1.82) is 0 Å². The zero-order chi connectivity index (χ0) is 20.5. The Morgan fingerprint density at radius 2 is 1.87 bits per heavy atom. The van der Waals surface area contributed by atoms with Crippen LogP contribution >= 0.6 is 12.4 Å². The lowest BCUT2D eigenvalue weighted by Crippen LogP contribution is -2.23. The average Bonchev–Trinajstić information content (AvgIpc) is 3.40. The van der Waals surface area contributed by atoms with Crippen LogP contribution in [0.15, 0.2) is 71.3 Å². The summed E-state index contributed by atoms with van der Waals surface area (Å²) in [6, 6.07) is 21.7. The number of rotatable bonds is 5. The van der Waals surface area contributed by atoms with Crippen LogP contribution in [0.25, 0.3) is 22.2 Å². The number of pyridine rings is 1. The summed E-state index contributed by atoms with van der Waals surface area (Å²) in [5.41, 5.74) is 11.1. The number of para-hydroxylation sites is 1. The second kappa shape index (κ2) is 9.06. The number of benzene rings is 2. The lowest BCUT2D eigenvalue weighted by Gasteiger charge is -2.19. The van der Waals surface area contributed by atoms with Crippen LogP contribution in [0.2, 0.25) is 0 Å². The highest BCUT2D eigenvalue weighted by Gasteiger charge is 2.22. The maximum atomic E-state index is 9.82. The van der Waals surface area contributed by atoms with Crippen molar-refractivity contribution in [3.63, 3.8) is 0 Å². The number of fused-ring (bicyclic) bond motifs is 1. The fourth-order valence-corrected chi connectivity index (χ4v) is 4.16. The van der Waals surface area contributed by atoms with Gasteiger partial charge in [-0.2, -0.15) is 0 Å². The number of aliphatic hydroxyl groups excluding tert-OH is 1. The van der Waals surface area contributed by atoms with E-state index in [1.54, 1.807) is 0 Å². The molecule has 0 saturated carbocycles. The van der Waals surface area contributed by atoms with Crippen LogP contribution in [-0.4, -0.2) is 34.4 Å². The third kappa shape index (κ3) is 4.28. The Labute approximate surface area is 187 Å². The lowest BCUT2D eigenvalue weighted by molar-refractivity contribution is 0.198. The quantitative estimate of drug-likeness (QED) is 0.489. The Bertz CT molecular complexity index is 1180. The molecular weight excluding hydrogens is 412 g/mol. The molecule has 0 bridgehead atoms. The van der Waals surface area contributed by atoms with Crippen molar-refractivity contribution >= 4 is 29.2 Å². The summed E-state index contributed by atoms with van der Waals surface area (Å²) in [6.45, 7) is 1.45. The predicted octanol–water partition coefficient (Wildman–Crippen LogP) is 4.13. The number of halogens is 1. The van der Waals surface area contributed by atoms with Gasteiger partial charge in [0.05, 0.1) is 6.10 Å². The molecule has 1 saturated heterocycles. The fraction of sp³-hybridized carbons (Fsp3) is 0.250. The van der Waals surface area contributed by atoms with Gasteiger partial charge in [0.15, 0.2) is 5.58 Å². The summed E-state index contributed by atoms with van der Waals surface area (Å²) in [7, 11) is 0. The minimum absolute atomic E-state index is 0. The minimum atomic E-state index is -0.276. The van der Waals surface area contributed by atoms with Crippen molar-refractivity contribution in [3.8, 4) is 11.3 Å². The van der Waals surface area contributed by atoms with Gasteiger partial charge in [-0.15, -0.1) is 12.4 Å². The molecule has 31 heavy (non-hydrogen) atoms. The molecule has 2 atom stereocenters. The van der Waals surface area contributed by atoms with Gasteiger partial charge in [-0.25, -0.2) is 4.98 Å². The first-order valence-corrected chi connectivity index (χ1v) is 10.3. The van der Waals surface area contributed by atoms with Crippen molar-refractivity contribution in [2.75, 3.05) is 18.0 Å². The van der Waals surface area contributed by atoms with E-state index in [0.29, 0.717) is 13.0 Å². The number of aliphatic hydroxyl groups is 1. The van der Waals surface area contributed by atoms with Crippen molar-refractivity contribution in [2.24, 2.45) is 5.73 Å². The number of anilines is 1. The highest BCUT2D eigenvalue weighted by molar-refractivity contribution is 5.92. The summed E-state index contributed by atoms with van der Waals surface area (Å²) in [5, 5.41) is 15.1. The maximum Gasteiger partial charge on any atom is 0.167 e. The van der Waals surface area contributed by atoms with Crippen LogP contribution in [0, 0.1) is 0 Å². The molecule has 1 aliphatic heterocycles. The molecule has 7 heteroatoms. The van der Waals surface area contributed by atoms with Crippen molar-refractivity contribution in [1.82, 2.24) is 10.1 Å². The molecule has 3 N–H and O–H groups in total. The Balaban J connectivity index is 0.00000231. The number of aromatic nitrogens is 2. The molecule has 3 heterocycles. The maximum absolute atomic E-state index is 9.82. The van der Waals surface area contributed by atoms with Gasteiger partial charge in [-0.1, -0.05) is 47.6 Å². The molecule has 0 spiro atoms. The monoisotopic (exact) mass is 436 g/mol. The second-order valence-electron chi connectivity index (χ2n) is 7.80. The van der Waals surface area contributed by atoms with E-state index in [0.717, 1.165) is 52.3 Å². The van der Waals surface area contributed by atoms with E-state index >= 15 is 0 Å². The van der Waals surface area contributed by atoms with Crippen molar-refractivity contribution in [3.05, 3.63) is 78.0 Å². The number of hydrogen-bond acceptors (Lipinski definition) is 6. The number of nitrogens with two attached hydrogens (primary N) is 1. The summed E-state index contributed by atoms with van der Waals surface area (Å²) >= 11 is 0. The second-order valence-corrected chi connectivity index (χ2v) is 7.80. The Morgan fingerprint density at radius 1 is 1.06 bits per heavy atom. The van der Waals surface area contributed by atoms with Gasteiger partial charge >= 0.3 is 0 Å². The first-order valence-electron chi connectivity index (χ1n) is 10.3. The predicted molar refractivity (Wildman–Crippen MR) is 124 cm³/mol. The van der Waals surface area contributed by atoms with Gasteiger partial charge in [-0.3, -0.25) is 0 Å². The molecule has 0 aliphatic carbocycles. The van der Waals surface area contributed by atoms with Crippen LogP contribution in [0.5, 0.6) is 0 Å². The summed E-state index contributed by atoms with van der Waals surface area (Å²) in [4.78, 5) is 6.92. The van der Waals surface area contributed by atoms with Gasteiger partial charge in [0.25, 0.3) is 0 Å². The Kier molecular flexibility index (Phi) is 6.23. The molecule has 6 nitrogen and oxygen atoms in total. The molecule has 0 amide bonds. The molecule has 4 aromatic rings. The summed E-state index contributed by atoms with van der Waals surface area (Å²) < 4.78 is 5.51.